The van der Waals surface area contributed by atoms with Gasteiger partial charge in [0.25, 0.3) is 0 Å². The molecular formula is C18H19F2NO2. The lowest BCUT2D eigenvalue weighted by Crippen LogP contribution is -2.34. The van der Waals surface area contributed by atoms with Crippen LogP contribution in [-0.4, -0.2) is 22.9 Å². The highest BCUT2D eigenvalue weighted by Crippen LogP contribution is 2.29. The van der Waals surface area contributed by atoms with Crippen molar-refractivity contribution >= 4 is 6.08 Å². The zero-order valence-corrected chi connectivity index (χ0v) is 13.0. The van der Waals surface area contributed by atoms with E-state index in [2.05, 4.69) is 4.98 Å². The number of halogens is 2. The first kappa shape index (κ1) is 17.1. The summed E-state index contributed by atoms with van der Waals surface area (Å²) in [6.45, 7) is 2.48. The number of aliphatic hydroxyl groups excluding tert-OH is 1. The molecule has 122 valence electrons. The van der Waals surface area contributed by atoms with Crippen LogP contribution < -0.4 is 4.74 Å². The predicted octanol–water partition coefficient (Wildman–Crippen LogP) is 4.00. The van der Waals surface area contributed by atoms with E-state index in [0.29, 0.717) is 11.3 Å². The number of aromatic nitrogens is 1. The standard InChI is InChI=1S/C18H19F2NO2/c1-18(2,12-19)17(22)16(10-13-4-3-9-21-11-13)23-15-7-5-14(20)6-8-15/h3-11,17,22H,12H2,1-2H3. The summed E-state index contributed by atoms with van der Waals surface area (Å²) in [5.41, 5.74) is -0.313. The highest BCUT2D eigenvalue weighted by molar-refractivity contribution is 5.52. The van der Waals surface area contributed by atoms with E-state index in [1.165, 1.54) is 24.3 Å². The average molecular weight is 319 g/mol. The molecule has 0 radical (unpaired) electrons. The SMILES string of the molecule is CC(C)(CF)C(O)C(=Cc1cccnc1)Oc1ccc(F)cc1. The molecule has 2 rings (SSSR count). The van der Waals surface area contributed by atoms with Crippen LogP contribution in [0.2, 0.25) is 0 Å². The summed E-state index contributed by atoms with van der Waals surface area (Å²) in [4.78, 5) is 3.99. The third-order valence-corrected chi connectivity index (χ3v) is 3.40. The second-order valence-electron chi connectivity index (χ2n) is 5.91. The van der Waals surface area contributed by atoms with E-state index < -0.39 is 18.2 Å². The first-order valence-electron chi connectivity index (χ1n) is 7.21. The average Bonchev–Trinajstić information content (AvgIpc) is 2.56. The van der Waals surface area contributed by atoms with Gasteiger partial charge >= 0.3 is 0 Å². The Hall–Kier alpha value is -2.27. The van der Waals surface area contributed by atoms with Gasteiger partial charge in [-0.2, -0.15) is 0 Å². The number of hydrogen-bond donors (Lipinski definition) is 1. The van der Waals surface area contributed by atoms with Crippen molar-refractivity contribution in [3.63, 3.8) is 0 Å². The molecule has 1 atom stereocenters. The van der Waals surface area contributed by atoms with Gasteiger partial charge in [0, 0.05) is 17.8 Å². The van der Waals surface area contributed by atoms with Crippen LogP contribution in [0, 0.1) is 11.2 Å². The minimum absolute atomic E-state index is 0.173. The van der Waals surface area contributed by atoms with Crippen LogP contribution in [0.25, 0.3) is 6.08 Å². The quantitative estimate of drug-likeness (QED) is 0.818. The van der Waals surface area contributed by atoms with Crippen molar-refractivity contribution in [3.8, 4) is 5.75 Å². The molecule has 0 saturated carbocycles. The summed E-state index contributed by atoms with van der Waals surface area (Å²) in [6, 6.07) is 8.93. The largest absolute Gasteiger partial charge is 0.459 e. The van der Waals surface area contributed by atoms with Gasteiger partial charge in [0.1, 0.15) is 23.4 Å². The number of aliphatic hydroxyl groups is 1. The first-order chi connectivity index (χ1) is 10.9. The summed E-state index contributed by atoms with van der Waals surface area (Å²) >= 11 is 0. The Morgan fingerprint density at radius 2 is 2.00 bits per heavy atom. The third kappa shape index (κ3) is 4.60. The fourth-order valence-electron chi connectivity index (χ4n) is 1.89. The second kappa shape index (κ2) is 7.33. The maximum atomic E-state index is 13.2. The lowest BCUT2D eigenvalue weighted by Gasteiger charge is -2.29. The Balaban J connectivity index is 2.35. The van der Waals surface area contributed by atoms with Crippen molar-refractivity contribution in [1.29, 1.82) is 0 Å². The zero-order valence-electron chi connectivity index (χ0n) is 13.0. The normalized spacial score (nSPS) is 13.7. The number of hydrogen-bond acceptors (Lipinski definition) is 3. The van der Waals surface area contributed by atoms with E-state index in [1.54, 1.807) is 44.4 Å². The third-order valence-electron chi connectivity index (χ3n) is 3.40. The summed E-state index contributed by atoms with van der Waals surface area (Å²) in [5, 5.41) is 10.5. The Morgan fingerprint density at radius 3 is 2.57 bits per heavy atom. The number of benzene rings is 1. The van der Waals surface area contributed by atoms with Crippen LogP contribution >= 0.6 is 0 Å². The topological polar surface area (TPSA) is 42.4 Å². The maximum absolute atomic E-state index is 13.2. The molecule has 2 aromatic rings. The van der Waals surface area contributed by atoms with Gasteiger partial charge in [0.15, 0.2) is 0 Å². The van der Waals surface area contributed by atoms with Gasteiger partial charge in [-0.25, -0.2) is 4.39 Å². The van der Waals surface area contributed by atoms with E-state index in [-0.39, 0.29) is 11.6 Å². The molecule has 5 heteroatoms. The van der Waals surface area contributed by atoms with Crippen LogP contribution in [0.1, 0.15) is 19.4 Å². The Morgan fingerprint density at radius 1 is 1.30 bits per heavy atom. The molecule has 0 amide bonds. The van der Waals surface area contributed by atoms with E-state index in [1.807, 2.05) is 0 Å². The van der Waals surface area contributed by atoms with Crippen molar-refractivity contribution < 1.29 is 18.6 Å². The van der Waals surface area contributed by atoms with Gasteiger partial charge in [-0.15, -0.1) is 0 Å². The summed E-state index contributed by atoms with van der Waals surface area (Å²) in [6.07, 6.45) is 3.65. The van der Waals surface area contributed by atoms with Crippen LogP contribution in [-0.2, 0) is 0 Å². The van der Waals surface area contributed by atoms with Gasteiger partial charge in [-0.3, -0.25) is 9.37 Å². The molecule has 1 heterocycles. The van der Waals surface area contributed by atoms with E-state index >= 15 is 0 Å². The molecule has 1 unspecified atom stereocenters. The molecular weight excluding hydrogens is 300 g/mol. The minimum Gasteiger partial charge on any atom is -0.459 e. The number of pyridine rings is 1. The maximum Gasteiger partial charge on any atom is 0.134 e. The number of alkyl halides is 1. The minimum atomic E-state index is -1.17. The van der Waals surface area contributed by atoms with Crippen LogP contribution in [0.5, 0.6) is 5.75 Å². The first-order valence-corrected chi connectivity index (χ1v) is 7.21. The number of rotatable bonds is 6. The second-order valence-corrected chi connectivity index (χ2v) is 5.91. The predicted molar refractivity (Wildman–Crippen MR) is 85.0 cm³/mol. The van der Waals surface area contributed by atoms with Crippen LogP contribution in [0.15, 0.2) is 54.6 Å². The molecule has 23 heavy (non-hydrogen) atoms. The van der Waals surface area contributed by atoms with E-state index in [4.69, 9.17) is 4.74 Å². The summed E-state index contributed by atoms with van der Waals surface area (Å²) < 4.78 is 31.9. The molecule has 0 saturated heterocycles. The van der Waals surface area contributed by atoms with Gasteiger partial charge < -0.3 is 9.84 Å². The summed E-state index contributed by atoms with van der Waals surface area (Å²) in [7, 11) is 0. The van der Waals surface area contributed by atoms with Crippen molar-refractivity contribution in [2.75, 3.05) is 6.67 Å². The smallest absolute Gasteiger partial charge is 0.134 e. The van der Waals surface area contributed by atoms with Gasteiger partial charge in [0.2, 0.25) is 0 Å². The number of ether oxygens (including phenoxy) is 1. The zero-order chi connectivity index (χ0) is 16.9. The Kier molecular flexibility index (Phi) is 5.45. The van der Waals surface area contributed by atoms with Crippen molar-refractivity contribution in [2.45, 2.75) is 20.0 Å². The van der Waals surface area contributed by atoms with Crippen LogP contribution in [0.3, 0.4) is 0 Å². The fraction of sp³-hybridized carbons (Fsp3) is 0.278. The van der Waals surface area contributed by atoms with Crippen LogP contribution in [0.4, 0.5) is 8.78 Å². The van der Waals surface area contributed by atoms with E-state index in [0.717, 1.165) is 0 Å². The number of nitrogens with zero attached hydrogens (tertiary/aromatic N) is 1. The highest BCUT2D eigenvalue weighted by atomic mass is 19.1. The lowest BCUT2D eigenvalue weighted by molar-refractivity contribution is 0.0351. The fourth-order valence-corrected chi connectivity index (χ4v) is 1.89. The molecule has 1 N–H and O–H groups in total. The molecule has 0 bridgehead atoms. The molecule has 3 nitrogen and oxygen atoms in total. The lowest BCUT2D eigenvalue weighted by atomic mass is 9.86. The molecule has 1 aromatic heterocycles. The van der Waals surface area contributed by atoms with Gasteiger partial charge in [-0.1, -0.05) is 19.9 Å². The van der Waals surface area contributed by atoms with Gasteiger partial charge in [-0.05, 0) is 42.0 Å². The Labute approximate surface area is 134 Å². The molecule has 0 aliphatic heterocycles. The van der Waals surface area contributed by atoms with Gasteiger partial charge in [0.05, 0.1) is 6.67 Å². The molecule has 0 aliphatic rings. The monoisotopic (exact) mass is 319 g/mol. The Bertz CT molecular complexity index is 654. The highest BCUT2D eigenvalue weighted by Gasteiger charge is 2.32. The molecule has 1 aromatic carbocycles. The van der Waals surface area contributed by atoms with Crippen molar-refractivity contribution in [2.24, 2.45) is 5.41 Å². The molecule has 0 aliphatic carbocycles. The van der Waals surface area contributed by atoms with Crippen molar-refractivity contribution in [1.82, 2.24) is 4.98 Å². The molecule has 0 fully saturated rings. The van der Waals surface area contributed by atoms with Crippen molar-refractivity contribution in [3.05, 3.63) is 65.9 Å². The molecule has 0 spiro atoms. The van der Waals surface area contributed by atoms with E-state index in [9.17, 15) is 13.9 Å². The summed E-state index contributed by atoms with van der Waals surface area (Å²) in [5.74, 6) is 0.141.